The summed E-state index contributed by atoms with van der Waals surface area (Å²) in [5, 5.41) is 4.55. The molecule has 0 aromatic heterocycles. The van der Waals surface area contributed by atoms with E-state index in [9.17, 15) is 24.0 Å². The summed E-state index contributed by atoms with van der Waals surface area (Å²) in [5.41, 5.74) is 0.431. The van der Waals surface area contributed by atoms with Crippen molar-refractivity contribution >= 4 is 41.5 Å². The number of esters is 1. The maximum atomic E-state index is 12.7. The van der Waals surface area contributed by atoms with E-state index in [2.05, 4.69) is 10.6 Å². The van der Waals surface area contributed by atoms with Crippen molar-refractivity contribution in [2.75, 3.05) is 12.0 Å². The van der Waals surface area contributed by atoms with Gasteiger partial charge in [0, 0.05) is 11.8 Å². The number of urea groups is 1. The number of thioether (sulfide) groups is 1. The lowest BCUT2D eigenvalue weighted by Gasteiger charge is -2.25. The number of nitrogens with zero attached hydrogens (tertiary/aromatic N) is 1. The van der Waals surface area contributed by atoms with Crippen LogP contribution in [0.1, 0.15) is 41.5 Å². The molecule has 1 aliphatic heterocycles. The lowest BCUT2D eigenvalue weighted by Crippen LogP contribution is -2.50. The van der Waals surface area contributed by atoms with Crippen LogP contribution >= 0.6 is 11.8 Å². The Hall–Kier alpha value is -2.88. The molecule has 1 aliphatic rings. The molecule has 5 amide bonds. The Morgan fingerprint density at radius 3 is 2.10 bits per heavy atom. The number of ether oxygens (including phenoxy) is 1. The summed E-state index contributed by atoms with van der Waals surface area (Å²) in [7, 11) is 0. The highest BCUT2D eigenvalue weighted by molar-refractivity contribution is 7.98. The molecular formula is C19H23N3O6S. The number of benzene rings is 1. The van der Waals surface area contributed by atoms with Crippen molar-refractivity contribution in [3.8, 4) is 0 Å². The standard InChI is InChI=1S/C19H23N3O6S/c1-10(2)20-19(27)21-15(23)11(3)28-18(26)14(9-29-4)22-16(24)12-7-5-6-8-13(12)17(22)25/h5-8,10-11,14H,9H2,1-4H3,(H2,20,21,23,27)/t11-,14-/m0/s1. The molecular weight excluding hydrogens is 398 g/mol. The Labute approximate surface area is 172 Å². The van der Waals surface area contributed by atoms with Crippen LogP contribution in [0.15, 0.2) is 24.3 Å². The number of hydrogen-bond acceptors (Lipinski definition) is 7. The Morgan fingerprint density at radius 1 is 1.07 bits per heavy atom. The molecule has 2 N–H and O–H groups in total. The van der Waals surface area contributed by atoms with E-state index in [1.165, 1.54) is 30.8 Å². The minimum Gasteiger partial charge on any atom is -0.451 e. The minimum atomic E-state index is -1.29. The molecule has 29 heavy (non-hydrogen) atoms. The number of amides is 5. The van der Waals surface area contributed by atoms with Gasteiger partial charge in [0.25, 0.3) is 17.7 Å². The topological polar surface area (TPSA) is 122 Å². The van der Waals surface area contributed by atoms with Crippen molar-refractivity contribution in [3.63, 3.8) is 0 Å². The third-order valence-corrected chi connectivity index (χ3v) is 4.70. The van der Waals surface area contributed by atoms with Gasteiger partial charge in [0.05, 0.1) is 11.1 Å². The van der Waals surface area contributed by atoms with Crippen LogP contribution in [0, 0.1) is 0 Å². The zero-order chi connectivity index (χ0) is 21.7. The average Bonchev–Trinajstić information content (AvgIpc) is 2.90. The predicted molar refractivity (Wildman–Crippen MR) is 106 cm³/mol. The molecule has 0 radical (unpaired) electrons. The maximum absolute atomic E-state index is 12.7. The summed E-state index contributed by atoms with van der Waals surface area (Å²) in [4.78, 5) is 62.5. The summed E-state index contributed by atoms with van der Waals surface area (Å²) >= 11 is 1.25. The third kappa shape index (κ3) is 5.14. The molecule has 0 saturated heterocycles. The molecule has 0 unspecified atom stereocenters. The van der Waals surface area contributed by atoms with Crippen molar-refractivity contribution in [1.82, 2.24) is 15.5 Å². The van der Waals surface area contributed by atoms with Gasteiger partial charge in [0.15, 0.2) is 6.10 Å². The van der Waals surface area contributed by atoms with Crippen LogP contribution in [0.2, 0.25) is 0 Å². The van der Waals surface area contributed by atoms with E-state index in [0.29, 0.717) is 0 Å². The quantitative estimate of drug-likeness (QED) is 0.501. The lowest BCUT2D eigenvalue weighted by atomic mass is 10.1. The first-order chi connectivity index (χ1) is 13.7. The number of rotatable bonds is 7. The van der Waals surface area contributed by atoms with E-state index in [4.69, 9.17) is 4.74 Å². The Balaban J connectivity index is 2.10. The van der Waals surface area contributed by atoms with E-state index < -0.39 is 41.9 Å². The first kappa shape index (κ1) is 22.4. The van der Waals surface area contributed by atoms with Crippen LogP contribution in [0.3, 0.4) is 0 Å². The number of hydrogen-bond donors (Lipinski definition) is 2. The second kappa shape index (κ2) is 9.55. The van der Waals surface area contributed by atoms with Gasteiger partial charge in [-0.05, 0) is 39.2 Å². The van der Waals surface area contributed by atoms with Crippen LogP contribution < -0.4 is 10.6 Å². The highest BCUT2D eigenvalue weighted by Gasteiger charge is 2.43. The molecule has 0 saturated carbocycles. The third-order valence-electron chi connectivity index (χ3n) is 4.05. The molecule has 0 bridgehead atoms. The number of imide groups is 2. The normalized spacial score (nSPS) is 15.0. The van der Waals surface area contributed by atoms with E-state index in [0.717, 1.165) is 4.90 Å². The van der Waals surface area contributed by atoms with Gasteiger partial charge in [-0.25, -0.2) is 9.59 Å². The number of carbonyl (C=O) groups is 5. The maximum Gasteiger partial charge on any atom is 0.331 e. The van der Waals surface area contributed by atoms with Crippen molar-refractivity contribution in [1.29, 1.82) is 0 Å². The summed E-state index contributed by atoms with van der Waals surface area (Å²) in [6.45, 7) is 4.75. The van der Waals surface area contributed by atoms with Crippen LogP contribution in [-0.2, 0) is 14.3 Å². The van der Waals surface area contributed by atoms with Gasteiger partial charge >= 0.3 is 12.0 Å². The fraction of sp³-hybridized carbons (Fsp3) is 0.421. The first-order valence-corrected chi connectivity index (χ1v) is 10.3. The summed E-state index contributed by atoms with van der Waals surface area (Å²) in [6.07, 6.45) is 0.421. The zero-order valence-electron chi connectivity index (χ0n) is 16.6. The first-order valence-electron chi connectivity index (χ1n) is 8.95. The molecule has 1 aromatic carbocycles. The van der Waals surface area contributed by atoms with Crippen molar-refractivity contribution in [2.45, 2.75) is 39.0 Å². The molecule has 0 spiro atoms. The molecule has 1 aromatic rings. The molecule has 2 atom stereocenters. The molecule has 10 heteroatoms. The van der Waals surface area contributed by atoms with Crippen molar-refractivity contribution < 1.29 is 28.7 Å². The van der Waals surface area contributed by atoms with Crippen LogP contribution in [0.4, 0.5) is 4.79 Å². The fourth-order valence-electron chi connectivity index (χ4n) is 2.71. The number of fused-ring (bicyclic) bond motifs is 1. The molecule has 2 rings (SSSR count). The van der Waals surface area contributed by atoms with Gasteiger partial charge in [-0.1, -0.05) is 12.1 Å². The molecule has 1 heterocycles. The summed E-state index contributed by atoms with van der Waals surface area (Å²) in [5.74, 6) is -2.79. The van der Waals surface area contributed by atoms with E-state index in [1.54, 1.807) is 32.2 Å². The monoisotopic (exact) mass is 421 g/mol. The van der Waals surface area contributed by atoms with E-state index in [-0.39, 0.29) is 22.9 Å². The Morgan fingerprint density at radius 2 is 1.62 bits per heavy atom. The second-order valence-electron chi connectivity index (χ2n) is 6.69. The van der Waals surface area contributed by atoms with Gasteiger partial charge < -0.3 is 10.1 Å². The van der Waals surface area contributed by atoms with Gasteiger partial charge in [-0.3, -0.25) is 24.6 Å². The van der Waals surface area contributed by atoms with Crippen molar-refractivity contribution in [3.05, 3.63) is 35.4 Å². The van der Waals surface area contributed by atoms with Gasteiger partial charge in [0.1, 0.15) is 6.04 Å². The smallest absolute Gasteiger partial charge is 0.331 e. The van der Waals surface area contributed by atoms with Crippen LogP contribution in [0.25, 0.3) is 0 Å². The Bertz CT molecular complexity index is 806. The van der Waals surface area contributed by atoms with Gasteiger partial charge in [-0.2, -0.15) is 11.8 Å². The highest BCUT2D eigenvalue weighted by Crippen LogP contribution is 2.26. The lowest BCUT2D eigenvalue weighted by molar-refractivity contribution is -0.157. The van der Waals surface area contributed by atoms with E-state index >= 15 is 0 Å². The molecule has 0 fully saturated rings. The Kier molecular flexibility index (Phi) is 7.38. The zero-order valence-corrected chi connectivity index (χ0v) is 17.4. The average molecular weight is 421 g/mol. The molecule has 9 nitrogen and oxygen atoms in total. The minimum absolute atomic E-state index is 0.104. The second-order valence-corrected chi connectivity index (χ2v) is 7.60. The SMILES string of the molecule is CSC[C@@H](C(=O)O[C@@H](C)C(=O)NC(=O)NC(C)C)N1C(=O)c2ccccc2C1=O. The van der Waals surface area contributed by atoms with Crippen LogP contribution in [0.5, 0.6) is 0 Å². The number of nitrogens with one attached hydrogen (secondary N) is 2. The summed E-state index contributed by atoms with van der Waals surface area (Å²) in [6, 6.07) is 4.20. The fourth-order valence-corrected chi connectivity index (χ4v) is 3.32. The van der Waals surface area contributed by atoms with Crippen molar-refractivity contribution in [2.24, 2.45) is 0 Å². The van der Waals surface area contributed by atoms with Gasteiger partial charge in [0.2, 0.25) is 0 Å². The van der Waals surface area contributed by atoms with E-state index in [1.807, 2.05) is 0 Å². The van der Waals surface area contributed by atoms with Crippen LogP contribution in [-0.4, -0.2) is 64.8 Å². The van der Waals surface area contributed by atoms with Gasteiger partial charge in [-0.15, -0.1) is 0 Å². The summed E-state index contributed by atoms with van der Waals surface area (Å²) < 4.78 is 5.15. The number of carbonyl (C=O) groups excluding carboxylic acids is 5. The predicted octanol–water partition coefficient (Wildman–Crippen LogP) is 1.18. The molecule has 156 valence electrons. The highest BCUT2D eigenvalue weighted by atomic mass is 32.2. The largest absolute Gasteiger partial charge is 0.451 e. The molecule has 0 aliphatic carbocycles.